The van der Waals surface area contributed by atoms with E-state index in [9.17, 15) is 8.42 Å². The molecule has 27 heavy (non-hydrogen) atoms. The normalized spacial score (nSPS) is 16.0. The summed E-state index contributed by atoms with van der Waals surface area (Å²) in [6, 6.07) is 7.57. The molecule has 2 aromatic heterocycles. The summed E-state index contributed by atoms with van der Waals surface area (Å²) in [5, 5.41) is 8.47. The van der Waals surface area contributed by atoms with Crippen molar-refractivity contribution in [2.75, 3.05) is 50.7 Å². The third-order valence-corrected chi connectivity index (χ3v) is 7.94. The molecule has 2 N–H and O–H groups in total. The average Bonchev–Trinajstić information content (AvgIpc) is 3.39. The molecule has 1 saturated heterocycles. The fourth-order valence-corrected chi connectivity index (χ4v) is 5.69. The second-order valence-corrected chi connectivity index (χ2v) is 9.86. The molecule has 0 unspecified atom stereocenters. The Kier molecular flexibility index (Phi) is 7.11. The zero-order valence-electron chi connectivity index (χ0n) is 15.3. The molecule has 1 aliphatic heterocycles. The van der Waals surface area contributed by atoms with E-state index in [0.29, 0.717) is 10.8 Å². The molecule has 148 valence electrons. The summed E-state index contributed by atoms with van der Waals surface area (Å²) >= 11 is 2.98. The predicted octanol–water partition coefficient (Wildman–Crippen LogP) is 1.88. The largest absolute Gasteiger partial charge is 0.360 e. The number of nitrogens with zero attached hydrogens (tertiary/aromatic N) is 3. The molecule has 0 aliphatic carbocycles. The molecule has 0 bridgehead atoms. The van der Waals surface area contributed by atoms with Crippen molar-refractivity contribution in [2.24, 2.45) is 4.99 Å². The van der Waals surface area contributed by atoms with Gasteiger partial charge in [-0.25, -0.2) is 13.1 Å². The SMILES string of the molecule is CCNC(=NCCNS(=O)(=O)c1cccs1)N1CCN(c2cccs2)CC1. The zero-order chi connectivity index (χ0) is 19.1. The Bertz CT molecular complexity index is 811. The van der Waals surface area contributed by atoms with Crippen molar-refractivity contribution in [1.29, 1.82) is 0 Å². The maximum absolute atomic E-state index is 12.1. The molecule has 10 heteroatoms. The van der Waals surface area contributed by atoms with E-state index in [2.05, 4.69) is 42.3 Å². The van der Waals surface area contributed by atoms with Crippen LogP contribution in [0.25, 0.3) is 0 Å². The highest BCUT2D eigenvalue weighted by molar-refractivity contribution is 7.91. The summed E-state index contributed by atoms with van der Waals surface area (Å²) < 4.78 is 27.2. The van der Waals surface area contributed by atoms with Crippen molar-refractivity contribution in [2.45, 2.75) is 11.1 Å². The highest BCUT2D eigenvalue weighted by Gasteiger charge is 2.20. The molecule has 0 atom stereocenters. The fraction of sp³-hybridized carbons (Fsp3) is 0.471. The lowest BCUT2D eigenvalue weighted by Gasteiger charge is -2.37. The number of hydrogen-bond donors (Lipinski definition) is 2. The number of aliphatic imine (C=N–C) groups is 1. The molecular weight excluding hydrogens is 402 g/mol. The van der Waals surface area contributed by atoms with Gasteiger partial charge in [-0.2, -0.15) is 0 Å². The van der Waals surface area contributed by atoms with Crippen LogP contribution >= 0.6 is 22.7 Å². The maximum atomic E-state index is 12.1. The summed E-state index contributed by atoms with van der Waals surface area (Å²) in [6.45, 7) is 7.20. The van der Waals surface area contributed by atoms with Crippen molar-refractivity contribution in [1.82, 2.24) is 14.9 Å². The maximum Gasteiger partial charge on any atom is 0.250 e. The predicted molar refractivity (Wildman–Crippen MR) is 114 cm³/mol. The minimum Gasteiger partial charge on any atom is -0.360 e. The molecule has 0 amide bonds. The van der Waals surface area contributed by atoms with E-state index in [-0.39, 0.29) is 6.54 Å². The second-order valence-electron chi connectivity index (χ2n) is 5.99. The minimum atomic E-state index is -3.42. The monoisotopic (exact) mass is 427 g/mol. The van der Waals surface area contributed by atoms with Crippen LogP contribution in [-0.4, -0.2) is 65.1 Å². The van der Waals surface area contributed by atoms with Gasteiger partial charge in [-0.15, -0.1) is 22.7 Å². The molecular formula is C17H25N5O2S3. The van der Waals surface area contributed by atoms with Crippen LogP contribution in [0.3, 0.4) is 0 Å². The Morgan fingerprint density at radius 2 is 1.89 bits per heavy atom. The second kappa shape index (κ2) is 9.54. The summed E-state index contributed by atoms with van der Waals surface area (Å²) in [7, 11) is -3.42. The lowest BCUT2D eigenvalue weighted by Crippen LogP contribution is -2.52. The number of hydrogen-bond acceptors (Lipinski definition) is 6. The molecule has 0 saturated carbocycles. The molecule has 3 heterocycles. The molecule has 3 rings (SSSR count). The van der Waals surface area contributed by atoms with Gasteiger partial charge in [-0.3, -0.25) is 4.99 Å². The smallest absolute Gasteiger partial charge is 0.250 e. The zero-order valence-corrected chi connectivity index (χ0v) is 17.7. The standard InChI is InChI=1S/C17H25N5O2S3/c1-2-18-17(19-7-8-20-27(23,24)16-6-4-14-26-16)22-11-9-21(10-12-22)15-5-3-13-25-15/h3-6,13-14,20H,2,7-12H2,1H3,(H,18,19). The molecule has 2 aromatic rings. The van der Waals surface area contributed by atoms with Crippen molar-refractivity contribution >= 4 is 43.7 Å². The van der Waals surface area contributed by atoms with Gasteiger partial charge in [0, 0.05) is 39.3 Å². The first-order valence-corrected chi connectivity index (χ1v) is 12.2. The number of guanidine groups is 1. The number of rotatable bonds is 7. The lowest BCUT2D eigenvalue weighted by molar-refractivity contribution is 0.373. The van der Waals surface area contributed by atoms with E-state index in [1.165, 1.54) is 16.3 Å². The van der Waals surface area contributed by atoms with Gasteiger partial charge in [-0.1, -0.05) is 6.07 Å². The molecule has 0 radical (unpaired) electrons. The Hall–Kier alpha value is -1.62. The molecule has 0 aromatic carbocycles. The topological polar surface area (TPSA) is 77.0 Å². The highest BCUT2D eigenvalue weighted by Crippen LogP contribution is 2.22. The van der Waals surface area contributed by atoms with Crippen molar-refractivity contribution < 1.29 is 8.42 Å². The first kappa shape index (κ1) is 20.1. The molecule has 7 nitrogen and oxygen atoms in total. The van der Waals surface area contributed by atoms with Gasteiger partial charge in [0.2, 0.25) is 10.0 Å². The number of thiophene rings is 2. The van der Waals surface area contributed by atoms with Gasteiger partial charge in [0.25, 0.3) is 0 Å². The number of piperazine rings is 1. The van der Waals surface area contributed by atoms with Gasteiger partial charge < -0.3 is 15.1 Å². The summed E-state index contributed by atoms with van der Waals surface area (Å²) in [6.07, 6.45) is 0. The van der Waals surface area contributed by atoms with Gasteiger partial charge in [0.05, 0.1) is 11.5 Å². The Balaban J connectivity index is 1.51. The van der Waals surface area contributed by atoms with E-state index >= 15 is 0 Å². The van der Waals surface area contributed by atoms with Crippen LogP contribution in [0.1, 0.15) is 6.92 Å². The third kappa shape index (κ3) is 5.44. The Morgan fingerprint density at radius 1 is 1.15 bits per heavy atom. The van der Waals surface area contributed by atoms with E-state index in [1.54, 1.807) is 28.8 Å². The Morgan fingerprint density at radius 3 is 2.52 bits per heavy atom. The Labute approximate surface area is 168 Å². The van der Waals surface area contributed by atoms with Gasteiger partial charge in [0.15, 0.2) is 5.96 Å². The van der Waals surface area contributed by atoms with Crippen LogP contribution in [0.2, 0.25) is 0 Å². The number of sulfonamides is 1. The van der Waals surface area contributed by atoms with Gasteiger partial charge >= 0.3 is 0 Å². The summed E-state index contributed by atoms with van der Waals surface area (Å²) in [5.41, 5.74) is 0. The molecule has 1 aliphatic rings. The van der Waals surface area contributed by atoms with Crippen LogP contribution in [0.4, 0.5) is 5.00 Å². The van der Waals surface area contributed by atoms with Crippen LogP contribution in [-0.2, 0) is 10.0 Å². The van der Waals surface area contributed by atoms with E-state index in [1.807, 2.05) is 6.92 Å². The first-order chi connectivity index (χ1) is 13.1. The molecule has 0 spiro atoms. The van der Waals surface area contributed by atoms with Crippen LogP contribution < -0.4 is 14.9 Å². The van der Waals surface area contributed by atoms with Crippen LogP contribution in [0.5, 0.6) is 0 Å². The highest BCUT2D eigenvalue weighted by atomic mass is 32.2. The first-order valence-electron chi connectivity index (χ1n) is 8.95. The van der Waals surface area contributed by atoms with Crippen molar-refractivity contribution in [3.8, 4) is 0 Å². The van der Waals surface area contributed by atoms with Crippen molar-refractivity contribution in [3.05, 3.63) is 35.0 Å². The fourth-order valence-electron chi connectivity index (χ4n) is 2.84. The van der Waals surface area contributed by atoms with Crippen LogP contribution in [0, 0.1) is 0 Å². The quantitative estimate of drug-likeness (QED) is 0.401. The summed E-state index contributed by atoms with van der Waals surface area (Å²) in [4.78, 5) is 9.23. The van der Waals surface area contributed by atoms with Crippen LogP contribution in [0.15, 0.2) is 44.2 Å². The third-order valence-electron chi connectivity index (χ3n) is 4.16. The summed E-state index contributed by atoms with van der Waals surface area (Å²) in [5.74, 6) is 0.846. The minimum absolute atomic E-state index is 0.282. The lowest BCUT2D eigenvalue weighted by atomic mass is 10.3. The molecule has 1 fully saturated rings. The van der Waals surface area contributed by atoms with Crippen molar-refractivity contribution in [3.63, 3.8) is 0 Å². The number of anilines is 1. The van der Waals surface area contributed by atoms with E-state index in [0.717, 1.165) is 38.7 Å². The van der Waals surface area contributed by atoms with E-state index in [4.69, 9.17) is 0 Å². The van der Waals surface area contributed by atoms with Gasteiger partial charge in [0.1, 0.15) is 4.21 Å². The number of nitrogens with one attached hydrogen (secondary N) is 2. The van der Waals surface area contributed by atoms with Gasteiger partial charge in [-0.05, 0) is 35.9 Å². The average molecular weight is 428 g/mol. The van der Waals surface area contributed by atoms with E-state index < -0.39 is 10.0 Å².